The van der Waals surface area contributed by atoms with Crippen molar-refractivity contribution in [1.82, 2.24) is 0 Å². The molecule has 1 aliphatic heterocycles. The predicted octanol–water partition coefficient (Wildman–Crippen LogP) is 3.62. The summed E-state index contributed by atoms with van der Waals surface area (Å²) in [7, 11) is -0.505. The van der Waals surface area contributed by atoms with Gasteiger partial charge < -0.3 is 14.4 Å². The third kappa shape index (κ3) is 3.14. The number of aryl methyl sites for hydroxylation is 3. The van der Waals surface area contributed by atoms with Crippen LogP contribution in [-0.2, 0) is 9.31 Å². The molecule has 4 heteroatoms. The van der Waals surface area contributed by atoms with E-state index >= 15 is 0 Å². The lowest BCUT2D eigenvalue weighted by Gasteiger charge is -2.32. The van der Waals surface area contributed by atoms with Crippen molar-refractivity contribution in [3.63, 3.8) is 0 Å². The topological polar surface area (TPSA) is 38.7 Å². The molecule has 1 heterocycles. The van der Waals surface area contributed by atoms with Crippen LogP contribution in [0.5, 0.6) is 0 Å². The van der Waals surface area contributed by atoms with Gasteiger partial charge in [0.05, 0.1) is 17.8 Å². The molecule has 0 aromatic heterocycles. The zero-order valence-electron chi connectivity index (χ0n) is 14.8. The Balaban J connectivity index is 2.38. The monoisotopic (exact) mass is 302 g/mol. The van der Waals surface area contributed by atoms with Gasteiger partial charge in [0.25, 0.3) is 0 Å². The summed E-state index contributed by atoms with van der Waals surface area (Å²) in [6, 6.07) is 4.30. The highest BCUT2D eigenvalue weighted by Gasteiger charge is 2.52. The molecule has 2 rings (SSSR count). The van der Waals surface area contributed by atoms with Gasteiger partial charge in [-0.05, 0) is 70.6 Å². The quantitative estimate of drug-likeness (QED) is 0.867. The first kappa shape index (κ1) is 17.3. The van der Waals surface area contributed by atoms with Gasteiger partial charge >= 0.3 is 7.12 Å². The Kier molecular flexibility index (Phi) is 4.58. The lowest BCUT2D eigenvalue weighted by atomic mass is 9.77. The Hall–Kier alpha value is -1.10. The third-order valence-corrected chi connectivity index (χ3v) is 4.81. The fourth-order valence-corrected chi connectivity index (χ4v) is 2.79. The fraction of sp³-hybridized carbons (Fsp3) is 0.556. The van der Waals surface area contributed by atoms with Crippen molar-refractivity contribution in [2.24, 2.45) is 0 Å². The molecular formula is C18H27BO3. The molecule has 22 heavy (non-hydrogen) atoms. The van der Waals surface area contributed by atoms with E-state index in [1.165, 1.54) is 16.7 Å². The van der Waals surface area contributed by atoms with Gasteiger partial charge in [-0.1, -0.05) is 23.8 Å². The first-order chi connectivity index (χ1) is 10.1. The molecule has 0 atom stereocenters. The van der Waals surface area contributed by atoms with Crippen molar-refractivity contribution in [3.05, 3.63) is 39.9 Å². The normalized spacial score (nSPS) is 20.5. The number of aliphatic hydroxyl groups excluding tert-OH is 1. The van der Waals surface area contributed by atoms with E-state index in [2.05, 4.69) is 32.9 Å². The molecule has 1 aliphatic rings. The molecule has 0 unspecified atom stereocenters. The average Bonchev–Trinajstić information content (AvgIpc) is 2.57. The van der Waals surface area contributed by atoms with Crippen LogP contribution in [0.4, 0.5) is 0 Å². The maximum Gasteiger partial charge on any atom is 0.492 e. The summed E-state index contributed by atoms with van der Waals surface area (Å²) in [6.07, 6.45) is 2.01. The summed E-state index contributed by atoms with van der Waals surface area (Å²) < 4.78 is 12.1. The molecule has 1 aromatic rings. The Labute approximate surface area is 134 Å². The van der Waals surface area contributed by atoms with Gasteiger partial charge in [-0.3, -0.25) is 0 Å². The van der Waals surface area contributed by atoms with E-state index in [0.29, 0.717) is 0 Å². The highest BCUT2D eigenvalue weighted by Crippen LogP contribution is 2.39. The van der Waals surface area contributed by atoms with Gasteiger partial charge in [0.1, 0.15) is 0 Å². The summed E-state index contributed by atoms with van der Waals surface area (Å²) >= 11 is 0. The number of benzene rings is 1. The minimum absolute atomic E-state index is 0.0798. The molecule has 1 fully saturated rings. The maximum atomic E-state index is 9.80. The van der Waals surface area contributed by atoms with Gasteiger partial charge in [0.2, 0.25) is 0 Å². The minimum Gasteiger partial charge on any atom is -0.400 e. The van der Waals surface area contributed by atoms with E-state index in [0.717, 1.165) is 11.0 Å². The predicted molar refractivity (Wildman–Crippen MR) is 91.8 cm³/mol. The van der Waals surface area contributed by atoms with Crippen LogP contribution in [-0.4, -0.2) is 30.0 Å². The van der Waals surface area contributed by atoms with Crippen LogP contribution in [0.15, 0.2) is 17.6 Å². The SMILES string of the molecule is Cc1cc(C)c(C=C(CO)B2OC(C)(C)C(C)(C)O2)c(C)c1. The number of rotatable bonds is 3. The maximum absolute atomic E-state index is 9.80. The van der Waals surface area contributed by atoms with E-state index in [4.69, 9.17) is 9.31 Å². The molecule has 1 saturated heterocycles. The molecule has 1 N–H and O–H groups in total. The summed E-state index contributed by atoms with van der Waals surface area (Å²) in [5, 5.41) is 9.80. The van der Waals surface area contributed by atoms with Crippen LogP contribution in [0, 0.1) is 20.8 Å². The molecule has 0 spiro atoms. The standard InChI is InChI=1S/C18H27BO3/c1-12-8-13(2)16(14(3)9-12)10-15(11-20)19-21-17(4,5)18(6,7)22-19/h8-10,20H,11H2,1-7H3. The number of hydrogen-bond acceptors (Lipinski definition) is 3. The number of hydrogen-bond donors (Lipinski definition) is 1. The van der Waals surface area contributed by atoms with E-state index in [1.807, 2.05) is 33.8 Å². The van der Waals surface area contributed by atoms with Crippen LogP contribution in [0.1, 0.15) is 49.9 Å². The first-order valence-electron chi connectivity index (χ1n) is 7.82. The zero-order chi connectivity index (χ0) is 16.7. The van der Waals surface area contributed by atoms with Gasteiger partial charge in [-0.15, -0.1) is 0 Å². The second-order valence-electron chi connectivity index (χ2n) is 7.28. The lowest BCUT2D eigenvalue weighted by Crippen LogP contribution is -2.41. The summed E-state index contributed by atoms with van der Waals surface area (Å²) in [5.41, 5.74) is 4.72. The van der Waals surface area contributed by atoms with Crippen LogP contribution in [0.3, 0.4) is 0 Å². The van der Waals surface area contributed by atoms with Gasteiger partial charge in [0, 0.05) is 0 Å². The Morgan fingerprint density at radius 2 is 1.50 bits per heavy atom. The zero-order valence-corrected chi connectivity index (χ0v) is 14.8. The molecular weight excluding hydrogens is 275 g/mol. The van der Waals surface area contributed by atoms with E-state index < -0.39 is 18.3 Å². The van der Waals surface area contributed by atoms with Crippen molar-refractivity contribution in [2.75, 3.05) is 6.61 Å². The average molecular weight is 302 g/mol. The smallest absolute Gasteiger partial charge is 0.400 e. The largest absolute Gasteiger partial charge is 0.492 e. The van der Waals surface area contributed by atoms with Gasteiger partial charge in [-0.2, -0.15) is 0 Å². The van der Waals surface area contributed by atoms with Crippen molar-refractivity contribution in [2.45, 2.75) is 59.7 Å². The lowest BCUT2D eigenvalue weighted by molar-refractivity contribution is 0.00578. The molecule has 1 aromatic carbocycles. The second kappa shape index (κ2) is 5.84. The summed E-state index contributed by atoms with van der Waals surface area (Å²) in [4.78, 5) is 0. The Morgan fingerprint density at radius 3 is 1.91 bits per heavy atom. The van der Waals surface area contributed by atoms with Crippen molar-refractivity contribution >= 4 is 13.2 Å². The summed E-state index contributed by atoms with van der Waals surface area (Å²) in [5.74, 6) is 0. The number of aliphatic hydroxyl groups is 1. The van der Waals surface area contributed by atoms with E-state index in [-0.39, 0.29) is 6.61 Å². The van der Waals surface area contributed by atoms with E-state index in [1.54, 1.807) is 0 Å². The van der Waals surface area contributed by atoms with Crippen LogP contribution >= 0.6 is 0 Å². The van der Waals surface area contributed by atoms with Gasteiger partial charge in [-0.25, -0.2) is 0 Å². The molecule has 3 nitrogen and oxygen atoms in total. The Morgan fingerprint density at radius 1 is 1.05 bits per heavy atom. The molecule has 0 saturated carbocycles. The van der Waals surface area contributed by atoms with Crippen LogP contribution in [0.2, 0.25) is 0 Å². The Bertz CT molecular complexity index is 563. The van der Waals surface area contributed by atoms with E-state index in [9.17, 15) is 5.11 Å². The highest BCUT2D eigenvalue weighted by molar-refractivity contribution is 6.55. The molecule has 0 amide bonds. The van der Waals surface area contributed by atoms with Crippen LogP contribution in [0.25, 0.3) is 6.08 Å². The molecule has 0 bridgehead atoms. The summed E-state index contributed by atoms with van der Waals surface area (Å²) in [6.45, 7) is 14.3. The molecule has 0 aliphatic carbocycles. The molecule has 0 radical (unpaired) electrons. The minimum atomic E-state index is -0.505. The van der Waals surface area contributed by atoms with Crippen LogP contribution < -0.4 is 0 Å². The second-order valence-corrected chi connectivity index (χ2v) is 7.28. The van der Waals surface area contributed by atoms with Crippen molar-refractivity contribution in [3.8, 4) is 0 Å². The van der Waals surface area contributed by atoms with Crippen molar-refractivity contribution in [1.29, 1.82) is 0 Å². The third-order valence-electron chi connectivity index (χ3n) is 4.81. The van der Waals surface area contributed by atoms with Crippen molar-refractivity contribution < 1.29 is 14.4 Å². The highest BCUT2D eigenvalue weighted by atomic mass is 16.7. The molecule has 120 valence electrons. The first-order valence-corrected chi connectivity index (χ1v) is 7.82. The van der Waals surface area contributed by atoms with Gasteiger partial charge in [0.15, 0.2) is 0 Å². The fourth-order valence-electron chi connectivity index (χ4n) is 2.79.